The molecular formula is C22H16ClN3O2. The van der Waals surface area contributed by atoms with Crippen molar-refractivity contribution < 1.29 is 9.90 Å². The Hall–Kier alpha value is -3.44. The third-order valence-electron chi connectivity index (χ3n) is 4.49. The van der Waals surface area contributed by atoms with Crippen molar-refractivity contribution in [2.75, 3.05) is 0 Å². The van der Waals surface area contributed by atoms with Crippen molar-refractivity contribution in [3.8, 4) is 5.75 Å². The maximum absolute atomic E-state index is 12.8. The predicted octanol–water partition coefficient (Wildman–Crippen LogP) is 4.51. The zero-order valence-electron chi connectivity index (χ0n) is 14.7. The molecule has 0 bridgehead atoms. The first-order valence-electron chi connectivity index (χ1n) is 8.67. The minimum atomic E-state index is -0.613. The monoisotopic (exact) mass is 389 g/mol. The molecule has 4 rings (SSSR count). The maximum atomic E-state index is 12.8. The van der Waals surface area contributed by atoms with Crippen LogP contribution in [0.1, 0.15) is 27.5 Å². The van der Waals surface area contributed by atoms with Crippen LogP contribution >= 0.6 is 11.6 Å². The Morgan fingerprint density at radius 1 is 1.04 bits per heavy atom. The van der Waals surface area contributed by atoms with Gasteiger partial charge in [0.25, 0.3) is 5.91 Å². The van der Waals surface area contributed by atoms with Crippen LogP contribution in [0.3, 0.4) is 0 Å². The molecule has 5 nitrogen and oxygen atoms in total. The van der Waals surface area contributed by atoms with Gasteiger partial charge in [-0.2, -0.15) is 0 Å². The van der Waals surface area contributed by atoms with E-state index in [4.69, 9.17) is 11.6 Å². The quantitative estimate of drug-likeness (QED) is 0.538. The number of benzene rings is 2. The van der Waals surface area contributed by atoms with Gasteiger partial charge >= 0.3 is 0 Å². The fourth-order valence-electron chi connectivity index (χ4n) is 3.12. The molecule has 138 valence electrons. The summed E-state index contributed by atoms with van der Waals surface area (Å²) < 4.78 is 0. The Kier molecular flexibility index (Phi) is 4.91. The molecule has 0 unspecified atom stereocenters. The topological polar surface area (TPSA) is 75.1 Å². The van der Waals surface area contributed by atoms with E-state index in [1.54, 1.807) is 42.7 Å². The molecule has 0 spiro atoms. The van der Waals surface area contributed by atoms with Gasteiger partial charge < -0.3 is 10.4 Å². The van der Waals surface area contributed by atoms with Crippen LogP contribution < -0.4 is 5.32 Å². The highest BCUT2D eigenvalue weighted by molar-refractivity contribution is 6.35. The Balaban J connectivity index is 1.84. The van der Waals surface area contributed by atoms with E-state index in [-0.39, 0.29) is 11.7 Å². The van der Waals surface area contributed by atoms with Gasteiger partial charge in [-0.25, -0.2) is 0 Å². The van der Waals surface area contributed by atoms with Gasteiger partial charge in [0.2, 0.25) is 0 Å². The van der Waals surface area contributed by atoms with Crippen molar-refractivity contribution in [2.45, 2.75) is 6.04 Å². The van der Waals surface area contributed by atoms with Crippen molar-refractivity contribution in [2.24, 2.45) is 0 Å². The summed E-state index contributed by atoms with van der Waals surface area (Å²) in [7, 11) is 0. The van der Waals surface area contributed by atoms with Crippen LogP contribution in [0.2, 0.25) is 5.02 Å². The van der Waals surface area contributed by atoms with E-state index < -0.39 is 6.04 Å². The van der Waals surface area contributed by atoms with Crippen LogP contribution in [0.15, 0.2) is 79.3 Å². The lowest BCUT2D eigenvalue weighted by atomic mass is 9.96. The molecule has 1 amide bonds. The zero-order valence-corrected chi connectivity index (χ0v) is 15.5. The van der Waals surface area contributed by atoms with Crippen LogP contribution in [-0.2, 0) is 0 Å². The lowest BCUT2D eigenvalue weighted by molar-refractivity contribution is 0.0942. The van der Waals surface area contributed by atoms with Gasteiger partial charge in [0, 0.05) is 29.5 Å². The number of carbonyl (C=O) groups excluding carboxylic acids is 1. The number of aromatic hydroxyl groups is 1. The van der Waals surface area contributed by atoms with Crippen molar-refractivity contribution in [3.05, 3.63) is 101 Å². The normalized spacial score (nSPS) is 11.9. The predicted molar refractivity (Wildman–Crippen MR) is 108 cm³/mol. The first-order valence-corrected chi connectivity index (χ1v) is 9.05. The summed E-state index contributed by atoms with van der Waals surface area (Å²) in [4.78, 5) is 21.0. The highest BCUT2D eigenvalue weighted by Crippen LogP contribution is 2.38. The molecule has 0 aliphatic carbocycles. The number of fused-ring (bicyclic) bond motifs is 1. The number of halogens is 1. The summed E-state index contributed by atoms with van der Waals surface area (Å²) in [6.07, 6.45) is 4.69. The number of rotatable bonds is 4. The molecule has 0 radical (unpaired) electrons. The van der Waals surface area contributed by atoms with E-state index in [0.29, 0.717) is 27.1 Å². The SMILES string of the molecule is O=C(N[C@@H](c1ccccc1)c1cc(Cl)c2cccnc2c1O)c1cccnc1. The minimum absolute atomic E-state index is 0.0136. The van der Waals surface area contributed by atoms with Gasteiger partial charge in [0.05, 0.1) is 16.6 Å². The highest BCUT2D eigenvalue weighted by Gasteiger charge is 2.23. The van der Waals surface area contributed by atoms with Gasteiger partial charge in [0.15, 0.2) is 0 Å². The van der Waals surface area contributed by atoms with E-state index in [0.717, 1.165) is 5.56 Å². The van der Waals surface area contributed by atoms with Gasteiger partial charge in [-0.05, 0) is 35.9 Å². The molecule has 28 heavy (non-hydrogen) atoms. The maximum Gasteiger partial charge on any atom is 0.253 e. The number of hydrogen-bond acceptors (Lipinski definition) is 4. The van der Waals surface area contributed by atoms with Crippen LogP contribution in [-0.4, -0.2) is 21.0 Å². The number of hydrogen-bond donors (Lipinski definition) is 2. The van der Waals surface area contributed by atoms with E-state index in [9.17, 15) is 9.90 Å². The molecule has 6 heteroatoms. The average molecular weight is 390 g/mol. The second-order valence-electron chi connectivity index (χ2n) is 6.25. The second-order valence-corrected chi connectivity index (χ2v) is 6.66. The first-order chi connectivity index (χ1) is 13.6. The molecule has 2 aromatic heterocycles. The van der Waals surface area contributed by atoms with Gasteiger partial charge in [0.1, 0.15) is 11.3 Å². The molecule has 0 fully saturated rings. The van der Waals surface area contributed by atoms with E-state index in [2.05, 4.69) is 15.3 Å². The zero-order chi connectivity index (χ0) is 19.5. The van der Waals surface area contributed by atoms with Gasteiger partial charge in [-0.3, -0.25) is 14.8 Å². The number of amides is 1. The smallest absolute Gasteiger partial charge is 0.253 e. The lowest BCUT2D eigenvalue weighted by Gasteiger charge is -2.22. The van der Waals surface area contributed by atoms with Gasteiger partial charge in [-0.1, -0.05) is 41.9 Å². The number of carbonyl (C=O) groups is 1. The van der Waals surface area contributed by atoms with E-state index in [1.807, 2.05) is 30.3 Å². The number of pyridine rings is 2. The van der Waals surface area contributed by atoms with Crippen molar-refractivity contribution in [3.63, 3.8) is 0 Å². The molecule has 1 atom stereocenters. The summed E-state index contributed by atoms with van der Waals surface area (Å²) in [5.41, 5.74) is 2.09. The average Bonchev–Trinajstić information content (AvgIpc) is 2.76. The summed E-state index contributed by atoms with van der Waals surface area (Å²) >= 11 is 6.45. The minimum Gasteiger partial charge on any atom is -0.505 e. The molecule has 0 aliphatic rings. The first kappa shape index (κ1) is 17.9. The summed E-state index contributed by atoms with van der Waals surface area (Å²) in [6, 6.07) is 17.4. The Morgan fingerprint density at radius 2 is 1.82 bits per heavy atom. The Morgan fingerprint density at radius 3 is 2.57 bits per heavy atom. The van der Waals surface area contributed by atoms with Crippen LogP contribution in [0.25, 0.3) is 10.9 Å². The van der Waals surface area contributed by atoms with Crippen molar-refractivity contribution in [1.82, 2.24) is 15.3 Å². The summed E-state index contributed by atoms with van der Waals surface area (Å²) in [5.74, 6) is -0.320. The molecule has 0 aliphatic heterocycles. The standard InChI is InChI=1S/C22H16ClN3O2/c23-18-12-17(21(27)20-16(18)9-5-11-25-20)19(14-6-2-1-3-7-14)26-22(28)15-8-4-10-24-13-15/h1-13,19,27H,(H,26,28)/t19-/m0/s1. The molecular weight excluding hydrogens is 374 g/mol. The molecule has 2 N–H and O–H groups in total. The number of nitrogens with zero attached hydrogens (tertiary/aromatic N) is 2. The number of nitrogens with one attached hydrogen (secondary N) is 1. The van der Waals surface area contributed by atoms with E-state index >= 15 is 0 Å². The largest absolute Gasteiger partial charge is 0.505 e. The number of phenolic OH excluding ortho intramolecular Hbond substituents is 1. The lowest BCUT2D eigenvalue weighted by Crippen LogP contribution is -2.29. The molecule has 0 saturated heterocycles. The van der Waals surface area contributed by atoms with Crippen molar-refractivity contribution in [1.29, 1.82) is 0 Å². The third kappa shape index (κ3) is 3.40. The fraction of sp³-hybridized carbons (Fsp3) is 0.0455. The van der Waals surface area contributed by atoms with Crippen molar-refractivity contribution >= 4 is 28.4 Å². The third-order valence-corrected chi connectivity index (χ3v) is 4.80. The van der Waals surface area contributed by atoms with E-state index in [1.165, 1.54) is 6.20 Å². The number of phenols is 1. The van der Waals surface area contributed by atoms with Gasteiger partial charge in [-0.15, -0.1) is 0 Å². The van der Waals surface area contributed by atoms with Crippen LogP contribution in [0.4, 0.5) is 0 Å². The highest BCUT2D eigenvalue weighted by atomic mass is 35.5. The number of aromatic nitrogens is 2. The second kappa shape index (κ2) is 7.66. The van der Waals surface area contributed by atoms with Crippen LogP contribution in [0, 0.1) is 0 Å². The molecule has 4 aromatic rings. The molecule has 2 aromatic carbocycles. The Labute approximate surface area is 166 Å². The van der Waals surface area contributed by atoms with Crippen LogP contribution in [0.5, 0.6) is 5.75 Å². The summed E-state index contributed by atoms with van der Waals surface area (Å²) in [5, 5.41) is 15.0. The Bertz CT molecular complexity index is 1130. The fourth-order valence-corrected chi connectivity index (χ4v) is 3.39. The molecule has 0 saturated carbocycles. The summed E-state index contributed by atoms with van der Waals surface area (Å²) in [6.45, 7) is 0. The molecule has 2 heterocycles.